The van der Waals surface area contributed by atoms with Gasteiger partial charge >= 0.3 is 0 Å². The fourth-order valence-corrected chi connectivity index (χ4v) is 4.03. The van der Waals surface area contributed by atoms with E-state index in [2.05, 4.69) is 0 Å². The molecule has 4 rings (SSSR count). The van der Waals surface area contributed by atoms with Crippen LogP contribution < -0.4 is 9.47 Å². The van der Waals surface area contributed by atoms with E-state index in [1.54, 1.807) is 26.4 Å². The van der Waals surface area contributed by atoms with Gasteiger partial charge < -0.3 is 14.4 Å². The highest BCUT2D eigenvalue weighted by molar-refractivity contribution is 5.95. The maximum absolute atomic E-state index is 13.6. The van der Waals surface area contributed by atoms with Gasteiger partial charge in [0.15, 0.2) is 11.5 Å². The Morgan fingerprint density at radius 2 is 1.60 bits per heavy atom. The molecular formula is C25H24FNO3. The molecule has 0 aromatic heterocycles. The van der Waals surface area contributed by atoms with Gasteiger partial charge in [-0.2, -0.15) is 0 Å². The van der Waals surface area contributed by atoms with Crippen molar-refractivity contribution in [3.8, 4) is 11.5 Å². The first kappa shape index (κ1) is 20.0. The van der Waals surface area contributed by atoms with Crippen LogP contribution in [0.15, 0.2) is 60.7 Å². The van der Waals surface area contributed by atoms with Gasteiger partial charge in [0.25, 0.3) is 5.91 Å². The summed E-state index contributed by atoms with van der Waals surface area (Å²) in [5, 5.41) is 0. The number of carbonyl (C=O) groups excluding carboxylic acids is 1. The molecule has 0 fully saturated rings. The molecule has 0 saturated carbocycles. The lowest BCUT2D eigenvalue weighted by atomic mass is 9.87. The van der Waals surface area contributed by atoms with Crippen LogP contribution in [0, 0.1) is 12.7 Å². The summed E-state index contributed by atoms with van der Waals surface area (Å²) in [4.78, 5) is 15.3. The maximum Gasteiger partial charge on any atom is 0.254 e. The molecule has 0 radical (unpaired) electrons. The van der Waals surface area contributed by atoms with Gasteiger partial charge in [-0.15, -0.1) is 0 Å². The van der Waals surface area contributed by atoms with Crippen molar-refractivity contribution in [3.05, 3.63) is 94.3 Å². The number of halogens is 1. The van der Waals surface area contributed by atoms with Gasteiger partial charge in [-0.1, -0.05) is 29.8 Å². The number of nitrogens with zero attached hydrogens (tertiary/aromatic N) is 1. The Morgan fingerprint density at radius 3 is 2.23 bits per heavy atom. The Kier molecular flexibility index (Phi) is 5.44. The van der Waals surface area contributed by atoms with E-state index in [0.29, 0.717) is 30.0 Å². The van der Waals surface area contributed by atoms with Gasteiger partial charge in [0.05, 0.1) is 20.3 Å². The molecule has 1 aliphatic rings. The van der Waals surface area contributed by atoms with Crippen molar-refractivity contribution in [2.24, 2.45) is 0 Å². The number of hydrogen-bond donors (Lipinski definition) is 0. The predicted molar refractivity (Wildman–Crippen MR) is 114 cm³/mol. The number of fused-ring (bicyclic) bond motifs is 1. The van der Waals surface area contributed by atoms with E-state index in [-0.39, 0.29) is 17.8 Å². The molecule has 1 aliphatic heterocycles. The van der Waals surface area contributed by atoms with Crippen LogP contribution in [-0.4, -0.2) is 31.6 Å². The summed E-state index contributed by atoms with van der Waals surface area (Å²) in [6.45, 7) is 2.55. The molecule has 1 atom stereocenters. The second kappa shape index (κ2) is 8.19. The molecule has 154 valence electrons. The number of benzene rings is 3. The summed E-state index contributed by atoms with van der Waals surface area (Å²) < 4.78 is 24.6. The van der Waals surface area contributed by atoms with Crippen molar-refractivity contribution in [3.63, 3.8) is 0 Å². The molecule has 3 aromatic rings. The third kappa shape index (κ3) is 3.63. The SMILES string of the molecule is COc1cc2c(cc1OC)[C@@H](c1ccc(F)cc1)N(C(=O)c1ccc(C)cc1)CC2. The molecule has 1 amide bonds. The first-order chi connectivity index (χ1) is 14.5. The Morgan fingerprint density at radius 1 is 0.967 bits per heavy atom. The van der Waals surface area contributed by atoms with E-state index in [1.165, 1.54) is 12.1 Å². The minimum absolute atomic E-state index is 0.0511. The second-order valence-corrected chi connectivity index (χ2v) is 7.47. The first-order valence-electron chi connectivity index (χ1n) is 9.89. The average Bonchev–Trinajstić information content (AvgIpc) is 2.78. The number of methoxy groups -OCH3 is 2. The maximum atomic E-state index is 13.6. The third-order valence-corrected chi connectivity index (χ3v) is 5.62. The highest BCUT2D eigenvalue weighted by atomic mass is 19.1. The Hall–Kier alpha value is -3.34. The molecule has 0 saturated heterocycles. The van der Waals surface area contributed by atoms with Crippen LogP contribution in [0.2, 0.25) is 0 Å². The number of hydrogen-bond acceptors (Lipinski definition) is 3. The normalized spacial score (nSPS) is 15.5. The number of rotatable bonds is 4. The van der Waals surface area contributed by atoms with E-state index < -0.39 is 0 Å². The standard InChI is InChI=1S/C25H24FNO3/c1-16-4-6-18(7-5-16)25(28)27-13-12-19-14-22(29-2)23(30-3)15-21(19)24(27)17-8-10-20(26)11-9-17/h4-11,14-15,24H,12-13H2,1-3H3/t24-/m1/s1. The lowest BCUT2D eigenvalue weighted by molar-refractivity contribution is 0.0694. The van der Waals surface area contributed by atoms with Crippen LogP contribution in [0.3, 0.4) is 0 Å². The molecule has 0 unspecified atom stereocenters. The van der Waals surface area contributed by atoms with Crippen molar-refractivity contribution in [1.29, 1.82) is 0 Å². The summed E-state index contributed by atoms with van der Waals surface area (Å²) in [5.74, 6) is 0.906. The number of ether oxygens (including phenoxy) is 2. The highest BCUT2D eigenvalue weighted by Crippen LogP contribution is 2.41. The van der Waals surface area contributed by atoms with Crippen molar-refractivity contribution >= 4 is 5.91 Å². The topological polar surface area (TPSA) is 38.8 Å². The molecule has 0 bridgehead atoms. The monoisotopic (exact) mass is 405 g/mol. The van der Waals surface area contributed by atoms with Crippen molar-refractivity contribution < 1.29 is 18.7 Å². The zero-order valence-corrected chi connectivity index (χ0v) is 17.3. The van der Waals surface area contributed by atoms with Gasteiger partial charge in [-0.3, -0.25) is 4.79 Å². The summed E-state index contributed by atoms with van der Waals surface area (Å²) in [6.07, 6.45) is 0.699. The molecule has 1 heterocycles. The Labute approximate surface area is 175 Å². The first-order valence-corrected chi connectivity index (χ1v) is 9.89. The minimum Gasteiger partial charge on any atom is -0.493 e. The largest absolute Gasteiger partial charge is 0.493 e. The van der Waals surface area contributed by atoms with Crippen LogP contribution in [0.4, 0.5) is 4.39 Å². The molecule has 0 aliphatic carbocycles. The molecule has 0 spiro atoms. The van der Waals surface area contributed by atoms with Gasteiger partial charge in [-0.05, 0) is 66.4 Å². The van der Waals surface area contributed by atoms with Gasteiger partial charge in [0.1, 0.15) is 5.82 Å². The lowest BCUT2D eigenvalue weighted by Gasteiger charge is -2.38. The van der Waals surface area contributed by atoms with Gasteiger partial charge in [0, 0.05) is 12.1 Å². The third-order valence-electron chi connectivity index (χ3n) is 5.62. The molecule has 5 heteroatoms. The van der Waals surface area contributed by atoms with Crippen LogP contribution in [0.1, 0.15) is 38.7 Å². The number of amides is 1. The van der Waals surface area contributed by atoms with Crippen LogP contribution >= 0.6 is 0 Å². The van der Waals surface area contributed by atoms with Gasteiger partial charge in [0.2, 0.25) is 0 Å². The van der Waals surface area contributed by atoms with Crippen molar-refractivity contribution in [1.82, 2.24) is 4.90 Å². The van der Waals surface area contributed by atoms with E-state index in [9.17, 15) is 9.18 Å². The zero-order chi connectivity index (χ0) is 21.3. The second-order valence-electron chi connectivity index (χ2n) is 7.47. The smallest absolute Gasteiger partial charge is 0.254 e. The van der Waals surface area contributed by atoms with Gasteiger partial charge in [-0.25, -0.2) is 4.39 Å². The molecular weight excluding hydrogens is 381 g/mol. The summed E-state index contributed by atoms with van der Waals surface area (Å²) in [7, 11) is 3.20. The van der Waals surface area contributed by atoms with Crippen molar-refractivity contribution in [2.45, 2.75) is 19.4 Å². The zero-order valence-electron chi connectivity index (χ0n) is 17.3. The van der Waals surface area contributed by atoms with Crippen LogP contribution in [0.25, 0.3) is 0 Å². The van der Waals surface area contributed by atoms with E-state index in [4.69, 9.17) is 9.47 Å². The Bertz CT molecular complexity index is 1060. The highest BCUT2D eigenvalue weighted by Gasteiger charge is 2.33. The van der Waals surface area contributed by atoms with E-state index in [0.717, 1.165) is 22.3 Å². The molecule has 4 nitrogen and oxygen atoms in total. The average molecular weight is 405 g/mol. The number of aryl methyl sites for hydroxylation is 1. The number of carbonyl (C=O) groups is 1. The molecule has 30 heavy (non-hydrogen) atoms. The summed E-state index contributed by atoms with van der Waals surface area (Å²) >= 11 is 0. The van der Waals surface area contributed by atoms with Crippen LogP contribution in [-0.2, 0) is 6.42 Å². The van der Waals surface area contributed by atoms with E-state index in [1.807, 2.05) is 48.2 Å². The molecule has 0 N–H and O–H groups in total. The van der Waals surface area contributed by atoms with Crippen LogP contribution in [0.5, 0.6) is 11.5 Å². The fraction of sp³-hybridized carbons (Fsp3) is 0.240. The summed E-state index contributed by atoms with van der Waals surface area (Å²) in [5.41, 5.74) is 4.64. The minimum atomic E-state index is -0.344. The summed E-state index contributed by atoms with van der Waals surface area (Å²) in [6, 6.07) is 17.5. The predicted octanol–water partition coefficient (Wildman–Crippen LogP) is 4.94. The quantitative estimate of drug-likeness (QED) is 0.617. The lowest BCUT2D eigenvalue weighted by Crippen LogP contribution is -2.40. The Balaban J connectivity index is 1.84. The van der Waals surface area contributed by atoms with Crippen molar-refractivity contribution in [2.75, 3.05) is 20.8 Å². The fourth-order valence-electron chi connectivity index (χ4n) is 4.03. The van der Waals surface area contributed by atoms with E-state index >= 15 is 0 Å². The molecule has 3 aromatic carbocycles.